The SMILES string of the molecule is CN1CCN(C(=O)C2CCCc3ccccc32)C(CN2CCCC2)C1. The number of nitrogens with zero attached hydrogens (tertiary/aromatic N) is 3. The molecule has 4 heteroatoms. The first-order chi connectivity index (χ1) is 12.2. The number of carbonyl (C=O) groups excluding carboxylic acids is 1. The van der Waals surface area contributed by atoms with Gasteiger partial charge in [0, 0.05) is 26.2 Å². The van der Waals surface area contributed by atoms with Crippen molar-refractivity contribution in [3.8, 4) is 0 Å². The van der Waals surface area contributed by atoms with Crippen molar-refractivity contribution in [1.29, 1.82) is 0 Å². The van der Waals surface area contributed by atoms with Gasteiger partial charge in [-0.1, -0.05) is 24.3 Å². The molecule has 2 aliphatic heterocycles. The fourth-order valence-electron chi connectivity index (χ4n) is 4.93. The van der Waals surface area contributed by atoms with Crippen molar-refractivity contribution in [2.75, 3.05) is 46.3 Å². The molecular formula is C21H31N3O. The smallest absolute Gasteiger partial charge is 0.230 e. The highest BCUT2D eigenvalue weighted by Gasteiger charge is 2.36. The lowest BCUT2D eigenvalue weighted by molar-refractivity contribution is -0.138. The van der Waals surface area contributed by atoms with Crippen LogP contribution in [-0.2, 0) is 11.2 Å². The van der Waals surface area contributed by atoms with Crippen molar-refractivity contribution in [2.24, 2.45) is 0 Å². The van der Waals surface area contributed by atoms with Crippen molar-refractivity contribution in [3.63, 3.8) is 0 Å². The molecule has 136 valence electrons. The Kier molecular flexibility index (Phi) is 5.09. The summed E-state index contributed by atoms with van der Waals surface area (Å²) in [6.45, 7) is 6.34. The Bertz CT molecular complexity index is 611. The van der Waals surface area contributed by atoms with E-state index in [1.165, 1.54) is 37.1 Å². The van der Waals surface area contributed by atoms with Crippen LogP contribution in [-0.4, -0.2) is 73.0 Å². The summed E-state index contributed by atoms with van der Waals surface area (Å²) in [4.78, 5) is 20.7. The van der Waals surface area contributed by atoms with Crippen molar-refractivity contribution >= 4 is 5.91 Å². The van der Waals surface area contributed by atoms with Gasteiger partial charge in [-0.15, -0.1) is 0 Å². The van der Waals surface area contributed by atoms with Crippen LogP contribution in [0.5, 0.6) is 0 Å². The van der Waals surface area contributed by atoms with E-state index in [4.69, 9.17) is 0 Å². The zero-order valence-electron chi connectivity index (χ0n) is 15.5. The van der Waals surface area contributed by atoms with Crippen molar-refractivity contribution in [1.82, 2.24) is 14.7 Å². The van der Waals surface area contributed by atoms with Gasteiger partial charge in [0.15, 0.2) is 0 Å². The molecule has 0 N–H and O–H groups in total. The molecule has 2 heterocycles. The lowest BCUT2D eigenvalue weighted by atomic mass is 9.81. The van der Waals surface area contributed by atoms with Gasteiger partial charge in [0.2, 0.25) is 5.91 Å². The van der Waals surface area contributed by atoms with Crippen LogP contribution in [0.4, 0.5) is 0 Å². The predicted octanol–water partition coefficient (Wildman–Crippen LogP) is 2.34. The molecule has 2 saturated heterocycles. The second kappa shape index (κ2) is 7.46. The molecule has 2 atom stereocenters. The molecule has 1 aromatic carbocycles. The van der Waals surface area contributed by atoms with Crippen LogP contribution in [0.25, 0.3) is 0 Å². The average molecular weight is 341 g/mol. The van der Waals surface area contributed by atoms with Gasteiger partial charge in [-0.05, 0) is 63.4 Å². The molecule has 2 unspecified atom stereocenters. The number of likely N-dealkylation sites (N-methyl/N-ethyl adjacent to an activating group) is 1. The fourth-order valence-corrected chi connectivity index (χ4v) is 4.93. The first-order valence-corrected chi connectivity index (χ1v) is 10.0. The molecule has 0 radical (unpaired) electrons. The summed E-state index contributed by atoms with van der Waals surface area (Å²) in [5.41, 5.74) is 2.68. The molecule has 0 saturated carbocycles. The second-order valence-corrected chi connectivity index (χ2v) is 8.10. The van der Waals surface area contributed by atoms with E-state index in [9.17, 15) is 4.79 Å². The zero-order valence-corrected chi connectivity index (χ0v) is 15.5. The van der Waals surface area contributed by atoms with Gasteiger partial charge in [-0.25, -0.2) is 0 Å². The van der Waals surface area contributed by atoms with E-state index in [0.29, 0.717) is 11.9 Å². The summed E-state index contributed by atoms with van der Waals surface area (Å²) < 4.78 is 0. The van der Waals surface area contributed by atoms with Crippen LogP contribution in [0.3, 0.4) is 0 Å². The Morgan fingerprint density at radius 3 is 2.72 bits per heavy atom. The predicted molar refractivity (Wildman–Crippen MR) is 101 cm³/mol. The Labute approximate surface area is 151 Å². The first-order valence-electron chi connectivity index (χ1n) is 10.0. The fraction of sp³-hybridized carbons (Fsp3) is 0.667. The van der Waals surface area contributed by atoms with Gasteiger partial charge in [0.1, 0.15) is 0 Å². The standard InChI is InChI=1S/C21H31N3O/c1-22-13-14-24(18(15-22)16-23-11-4-5-12-23)21(25)20-10-6-8-17-7-2-3-9-19(17)20/h2-3,7,9,18,20H,4-6,8,10-16H2,1H3. The summed E-state index contributed by atoms with van der Waals surface area (Å²) in [7, 11) is 2.19. The van der Waals surface area contributed by atoms with Gasteiger partial charge in [0.05, 0.1) is 12.0 Å². The Morgan fingerprint density at radius 1 is 1.08 bits per heavy atom. The number of hydrogen-bond acceptors (Lipinski definition) is 3. The summed E-state index contributed by atoms with van der Waals surface area (Å²) in [5, 5.41) is 0. The zero-order chi connectivity index (χ0) is 17.2. The maximum atomic E-state index is 13.5. The van der Waals surface area contributed by atoms with E-state index in [2.05, 4.69) is 46.0 Å². The third-order valence-corrected chi connectivity index (χ3v) is 6.30. The monoisotopic (exact) mass is 341 g/mol. The summed E-state index contributed by atoms with van der Waals surface area (Å²) in [6, 6.07) is 8.94. The van der Waals surface area contributed by atoms with E-state index >= 15 is 0 Å². The van der Waals surface area contributed by atoms with Gasteiger partial charge in [-0.2, -0.15) is 0 Å². The van der Waals surface area contributed by atoms with Crippen molar-refractivity contribution < 1.29 is 4.79 Å². The maximum absolute atomic E-state index is 13.5. The number of carbonyl (C=O) groups is 1. The van der Waals surface area contributed by atoms with Crippen LogP contribution < -0.4 is 0 Å². The van der Waals surface area contributed by atoms with Crippen molar-refractivity contribution in [3.05, 3.63) is 35.4 Å². The van der Waals surface area contributed by atoms with Crippen LogP contribution in [0.15, 0.2) is 24.3 Å². The molecule has 1 aliphatic carbocycles. The number of rotatable bonds is 3. The van der Waals surface area contributed by atoms with Gasteiger partial charge >= 0.3 is 0 Å². The average Bonchev–Trinajstić information content (AvgIpc) is 3.14. The molecular weight excluding hydrogens is 310 g/mol. The Balaban J connectivity index is 1.53. The lowest BCUT2D eigenvalue weighted by Crippen LogP contribution is -2.58. The van der Waals surface area contributed by atoms with E-state index in [1.54, 1.807) is 0 Å². The van der Waals surface area contributed by atoms with Crippen LogP contribution in [0.1, 0.15) is 42.7 Å². The second-order valence-electron chi connectivity index (χ2n) is 8.10. The summed E-state index contributed by atoms with van der Waals surface area (Å²) >= 11 is 0. The quantitative estimate of drug-likeness (QED) is 0.844. The number of hydrogen-bond donors (Lipinski definition) is 0. The maximum Gasteiger partial charge on any atom is 0.230 e. The first kappa shape index (κ1) is 17.0. The van der Waals surface area contributed by atoms with Crippen LogP contribution >= 0.6 is 0 Å². The minimum atomic E-state index is 0.0782. The Morgan fingerprint density at radius 2 is 1.88 bits per heavy atom. The van der Waals surface area contributed by atoms with Gasteiger partial charge in [-0.3, -0.25) is 4.79 Å². The van der Waals surface area contributed by atoms with E-state index in [1.807, 2.05) is 0 Å². The van der Waals surface area contributed by atoms with E-state index in [0.717, 1.165) is 45.4 Å². The van der Waals surface area contributed by atoms with Crippen molar-refractivity contribution in [2.45, 2.75) is 44.1 Å². The molecule has 0 spiro atoms. The van der Waals surface area contributed by atoms with Crippen LogP contribution in [0.2, 0.25) is 0 Å². The number of piperazine rings is 1. The highest BCUT2D eigenvalue weighted by molar-refractivity contribution is 5.85. The van der Waals surface area contributed by atoms with Gasteiger partial charge in [0.25, 0.3) is 0 Å². The minimum Gasteiger partial charge on any atom is -0.335 e. The molecule has 1 aromatic rings. The van der Waals surface area contributed by atoms with Crippen LogP contribution in [0, 0.1) is 0 Å². The molecule has 4 nitrogen and oxygen atoms in total. The third-order valence-electron chi connectivity index (χ3n) is 6.30. The molecule has 25 heavy (non-hydrogen) atoms. The van der Waals surface area contributed by atoms with Gasteiger partial charge < -0.3 is 14.7 Å². The molecule has 0 aromatic heterocycles. The topological polar surface area (TPSA) is 26.8 Å². The minimum absolute atomic E-state index is 0.0782. The molecule has 0 bridgehead atoms. The highest BCUT2D eigenvalue weighted by atomic mass is 16.2. The molecule has 1 amide bonds. The third kappa shape index (κ3) is 3.61. The summed E-state index contributed by atoms with van der Waals surface area (Å²) in [5.74, 6) is 0.457. The number of fused-ring (bicyclic) bond motifs is 1. The molecule has 3 aliphatic rings. The molecule has 4 rings (SSSR count). The Hall–Kier alpha value is -1.39. The largest absolute Gasteiger partial charge is 0.335 e. The number of likely N-dealkylation sites (tertiary alicyclic amines) is 1. The lowest BCUT2D eigenvalue weighted by Gasteiger charge is -2.43. The van der Waals surface area contributed by atoms with E-state index in [-0.39, 0.29) is 5.92 Å². The number of amides is 1. The highest BCUT2D eigenvalue weighted by Crippen LogP contribution is 2.33. The number of benzene rings is 1. The summed E-state index contributed by atoms with van der Waals surface area (Å²) in [6.07, 6.45) is 5.90. The molecule has 2 fully saturated rings. The number of aryl methyl sites for hydroxylation is 1. The normalized spacial score (nSPS) is 28.1. The van der Waals surface area contributed by atoms with E-state index < -0.39 is 0 Å².